The van der Waals surface area contributed by atoms with E-state index in [1.165, 1.54) is 19.3 Å². The van der Waals surface area contributed by atoms with Crippen molar-refractivity contribution in [1.29, 1.82) is 0 Å². The first-order chi connectivity index (χ1) is 8.88. The maximum absolute atomic E-state index is 5.90. The summed E-state index contributed by atoms with van der Waals surface area (Å²) in [6.07, 6.45) is 6.99. The minimum Gasteiger partial charge on any atom is -0.379 e. The molecule has 2 aliphatic heterocycles. The van der Waals surface area contributed by atoms with Crippen molar-refractivity contribution >= 4 is 0 Å². The maximum Gasteiger partial charge on any atom is 0.104 e. The Bertz CT molecular complexity index is 214. The molecule has 18 heavy (non-hydrogen) atoms. The number of epoxide rings is 2. The Morgan fingerprint density at radius 3 is 2.44 bits per heavy atom. The third-order valence-electron chi connectivity index (χ3n) is 3.34. The summed E-state index contributed by atoms with van der Waals surface area (Å²) in [5, 5.41) is 0. The molecule has 0 spiro atoms. The fourth-order valence-electron chi connectivity index (χ4n) is 1.93. The van der Waals surface area contributed by atoms with Crippen LogP contribution in [-0.4, -0.2) is 51.3 Å². The number of hydrogen-bond acceptors (Lipinski definition) is 4. The van der Waals surface area contributed by atoms with Crippen LogP contribution in [0.2, 0.25) is 0 Å². The topological polar surface area (TPSA) is 43.5 Å². The lowest BCUT2D eigenvalue weighted by molar-refractivity contribution is 0.00696. The van der Waals surface area contributed by atoms with E-state index >= 15 is 0 Å². The molecule has 0 aromatic rings. The Kier molecular flexibility index (Phi) is 6.41. The van der Waals surface area contributed by atoms with Crippen LogP contribution < -0.4 is 0 Å². The molecule has 0 saturated carbocycles. The average Bonchev–Trinajstić information content (AvgIpc) is 3.25. The van der Waals surface area contributed by atoms with Crippen molar-refractivity contribution < 1.29 is 18.9 Å². The lowest BCUT2D eigenvalue weighted by Crippen LogP contribution is -2.19. The average molecular weight is 258 g/mol. The van der Waals surface area contributed by atoms with Crippen LogP contribution in [-0.2, 0) is 18.9 Å². The van der Waals surface area contributed by atoms with E-state index in [1.807, 2.05) is 0 Å². The predicted octanol–water partition coefficient (Wildman–Crippen LogP) is 2.16. The second-order valence-corrected chi connectivity index (χ2v) is 5.23. The molecule has 2 heterocycles. The van der Waals surface area contributed by atoms with Gasteiger partial charge in [0, 0.05) is 6.61 Å². The van der Waals surface area contributed by atoms with E-state index in [1.54, 1.807) is 0 Å². The highest BCUT2D eigenvalue weighted by Gasteiger charge is 2.25. The summed E-state index contributed by atoms with van der Waals surface area (Å²) in [6, 6.07) is 0. The molecule has 3 atom stereocenters. The van der Waals surface area contributed by atoms with Gasteiger partial charge in [-0.05, 0) is 12.8 Å². The maximum atomic E-state index is 5.90. The second kappa shape index (κ2) is 8.10. The molecule has 0 N–H and O–H groups in total. The Balaban J connectivity index is 1.51. The van der Waals surface area contributed by atoms with E-state index in [9.17, 15) is 0 Å². The normalized spacial score (nSPS) is 27.2. The molecule has 2 saturated heterocycles. The zero-order chi connectivity index (χ0) is 12.6. The summed E-state index contributed by atoms with van der Waals surface area (Å²) in [6.45, 7) is 6.25. The number of rotatable bonds is 12. The molecule has 2 fully saturated rings. The molecule has 0 aromatic heterocycles. The van der Waals surface area contributed by atoms with Gasteiger partial charge in [0.1, 0.15) is 12.2 Å². The molecule has 2 aliphatic rings. The highest BCUT2D eigenvalue weighted by molar-refractivity contribution is 4.70. The van der Waals surface area contributed by atoms with Gasteiger partial charge in [-0.3, -0.25) is 0 Å². The van der Waals surface area contributed by atoms with E-state index in [0.717, 1.165) is 45.9 Å². The first kappa shape index (κ1) is 14.3. The van der Waals surface area contributed by atoms with Crippen molar-refractivity contribution in [1.82, 2.24) is 0 Å². The van der Waals surface area contributed by atoms with Crippen molar-refractivity contribution in [2.45, 2.75) is 57.3 Å². The smallest absolute Gasteiger partial charge is 0.104 e. The van der Waals surface area contributed by atoms with E-state index < -0.39 is 0 Å². The zero-order valence-electron chi connectivity index (χ0n) is 11.4. The van der Waals surface area contributed by atoms with Gasteiger partial charge in [0.25, 0.3) is 0 Å². The third-order valence-corrected chi connectivity index (χ3v) is 3.34. The molecule has 2 rings (SSSR count). The molecule has 0 radical (unpaired) electrons. The van der Waals surface area contributed by atoms with E-state index in [-0.39, 0.29) is 0 Å². The first-order valence-corrected chi connectivity index (χ1v) is 7.31. The Labute approximate surface area is 110 Å². The molecular weight excluding hydrogens is 232 g/mol. The van der Waals surface area contributed by atoms with Crippen molar-refractivity contribution in [3.8, 4) is 0 Å². The molecule has 3 unspecified atom stereocenters. The lowest BCUT2D eigenvalue weighted by atomic mass is 10.1. The van der Waals surface area contributed by atoms with Gasteiger partial charge in [-0.15, -0.1) is 0 Å². The molecule has 106 valence electrons. The summed E-state index contributed by atoms with van der Waals surface area (Å²) in [5.41, 5.74) is 0. The summed E-state index contributed by atoms with van der Waals surface area (Å²) in [7, 11) is 0. The van der Waals surface area contributed by atoms with Gasteiger partial charge in [0.15, 0.2) is 0 Å². The Hall–Kier alpha value is -0.160. The molecule has 4 nitrogen and oxygen atoms in total. The van der Waals surface area contributed by atoms with Crippen LogP contribution in [0.5, 0.6) is 0 Å². The highest BCUT2D eigenvalue weighted by Crippen LogP contribution is 2.16. The number of ether oxygens (including phenoxy) is 4. The monoisotopic (exact) mass is 258 g/mol. The van der Waals surface area contributed by atoms with Crippen LogP contribution in [0.3, 0.4) is 0 Å². The van der Waals surface area contributed by atoms with Crippen molar-refractivity contribution in [2.24, 2.45) is 0 Å². The van der Waals surface area contributed by atoms with Crippen LogP contribution in [0.25, 0.3) is 0 Å². The standard InChI is InChI=1S/C14H26O4/c1-2-3-4-5-12(16-10-14-11-18-14)6-7-15-8-13-9-17-13/h12-14H,2-11H2,1H3. The summed E-state index contributed by atoms with van der Waals surface area (Å²) >= 11 is 0. The second-order valence-electron chi connectivity index (χ2n) is 5.23. The van der Waals surface area contributed by atoms with Gasteiger partial charge in [0.2, 0.25) is 0 Å². The van der Waals surface area contributed by atoms with Crippen LogP contribution in [0, 0.1) is 0 Å². The Morgan fingerprint density at radius 2 is 1.78 bits per heavy atom. The predicted molar refractivity (Wildman–Crippen MR) is 68.8 cm³/mol. The number of unbranched alkanes of at least 4 members (excludes halogenated alkanes) is 2. The molecule has 0 amide bonds. The van der Waals surface area contributed by atoms with Crippen molar-refractivity contribution in [2.75, 3.05) is 33.0 Å². The highest BCUT2D eigenvalue weighted by atomic mass is 16.6. The van der Waals surface area contributed by atoms with Gasteiger partial charge < -0.3 is 18.9 Å². The molecular formula is C14H26O4. The minimum atomic E-state index is 0.334. The fraction of sp³-hybridized carbons (Fsp3) is 1.00. The van der Waals surface area contributed by atoms with Gasteiger partial charge in [-0.2, -0.15) is 0 Å². The van der Waals surface area contributed by atoms with Crippen LogP contribution >= 0.6 is 0 Å². The summed E-state index contributed by atoms with van der Waals surface area (Å²) in [5.74, 6) is 0. The fourth-order valence-corrected chi connectivity index (χ4v) is 1.93. The Morgan fingerprint density at radius 1 is 1.06 bits per heavy atom. The SMILES string of the molecule is CCCCCC(CCOCC1CO1)OCC1CO1. The van der Waals surface area contributed by atoms with Crippen LogP contribution in [0.1, 0.15) is 39.0 Å². The quantitative estimate of drug-likeness (QED) is 0.397. The largest absolute Gasteiger partial charge is 0.379 e. The molecule has 0 aromatic carbocycles. The van der Waals surface area contributed by atoms with Gasteiger partial charge in [-0.25, -0.2) is 0 Å². The van der Waals surface area contributed by atoms with Crippen LogP contribution in [0.4, 0.5) is 0 Å². The van der Waals surface area contributed by atoms with Crippen LogP contribution in [0.15, 0.2) is 0 Å². The third kappa shape index (κ3) is 6.69. The minimum absolute atomic E-state index is 0.334. The molecule has 0 aliphatic carbocycles. The van der Waals surface area contributed by atoms with Gasteiger partial charge in [0.05, 0.1) is 32.5 Å². The van der Waals surface area contributed by atoms with Gasteiger partial charge >= 0.3 is 0 Å². The zero-order valence-corrected chi connectivity index (χ0v) is 11.4. The first-order valence-electron chi connectivity index (χ1n) is 7.31. The lowest BCUT2D eigenvalue weighted by Gasteiger charge is -2.17. The van der Waals surface area contributed by atoms with Gasteiger partial charge in [-0.1, -0.05) is 26.2 Å². The van der Waals surface area contributed by atoms with E-state index in [2.05, 4.69) is 6.92 Å². The van der Waals surface area contributed by atoms with E-state index in [4.69, 9.17) is 18.9 Å². The summed E-state index contributed by atoms with van der Waals surface area (Å²) in [4.78, 5) is 0. The van der Waals surface area contributed by atoms with E-state index in [0.29, 0.717) is 18.3 Å². The van der Waals surface area contributed by atoms with Crippen molar-refractivity contribution in [3.63, 3.8) is 0 Å². The molecule has 4 heteroatoms. The number of hydrogen-bond donors (Lipinski definition) is 0. The van der Waals surface area contributed by atoms with Crippen molar-refractivity contribution in [3.05, 3.63) is 0 Å². The molecule has 0 bridgehead atoms. The summed E-state index contributed by atoms with van der Waals surface area (Å²) < 4.78 is 21.8.